The molecule has 0 radical (unpaired) electrons. The molecule has 0 bridgehead atoms. The number of halogens is 8. The fourth-order valence-electron chi connectivity index (χ4n) is 5.76. The van der Waals surface area contributed by atoms with E-state index in [1.807, 2.05) is 5.32 Å². The minimum Gasteiger partial charge on any atom is -0.344 e. The fraction of sp³-hybridized carbons (Fsp3) is 0.314. The first-order valence-electron chi connectivity index (χ1n) is 16.1. The van der Waals surface area contributed by atoms with Gasteiger partial charge in [0.05, 0.1) is 17.7 Å². The zero-order valence-electron chi connectivity index (χ0n) is 27.4. The molecule has 7 rings (SSSR count). The van der Waals surface area contributed by atoms with Crippen molar-refractivity contribution in [2.24, 2.45) is 0 Å². The molecule has 1 amide bonds. The topological polar surface area (TPSA) is 139 Å². The third-order valence-electron chi connectivity index (χ3n) is 8.97. The Morgan fingerprint density at radius 3 is 1.55 bits per heavy atom. The van der Waals surface area contributed by atoms with Crippen molar-refractivity contribution in [1.29, 1.82) is 0 Å². The third-order valence-corrected chi connectivity index (χ3v) is 8.97. The van der Waals surface area contributed by atoms with E-state index >= 15 is 0 Å². The normalized spacial score (nSPS) is 15.1. The molecule has 53 heavy (non-hydrogen) atoms. The van der Waals surface area contributed by atoms with Gasteiger partial charge in [-0.3, -0.25) is 14.7 Å². The Labute approximate surface area is 295 Å². The number of ketones is 1. The molecular weight excluding hydrogens is 716 g/mol. The average molecular weight is 745 g/mol. The van der Waals surface area contributed by atoms with Crippen LogP contribution in [0, 0.1) is 23.3 Å². The van der Waals surface area contributed by atoms with Crippen molar-refractivity contribution >= 4 is 11.7 Å². The highest BCUT2D eigenvalue weighted by atomic mass is 19.3. The minimum atomic E-state index is -3.20. The summed E-state index contributed by atoms with van der Waals surface area (Å²) in [4.78, 5) is 42.9. The maximum absolute atomic E-state index is 13.5. The molecule has 0 atom stereocenters. The number of nitrogens with zero attached hydrogens (tertiary/aromatic N) is 6. The highest BCUT2D eigenvalue weighted by Gasteiger charge is 2.46. The van der Waals surface area contributed by atoms with Crippen molar-refractivity contribution in [1.82, 2.24) is 40.4 Å². The fourth-order valence-corrected chi connectivity index (χ4v) is 5.76. The van der Waals surface area contributed by atoms with Gasteiger partial charge < -0.3 is 5.32 Å². The van der Waals surface area contributed by atoms with Gasteiger partial charge in [0.1, 0.15) is 34.9 Å². The molecule has 2 aromatic carbocycles. The number of rotatable bonds is 12. The van der Waals surface area contributed by atoms with Crippen LogP contribution in [0.3, 0.4) is 0 Å². The van der Waals surface area contributed by atoms with Crippen LogP contribution in [0.2, 0.25) is 0 Å². The molecule has 2 N–H and O–H groups in total. The van der Waals surface area contributed by atoms with E-state index in [0.717, 1.165) is 37.8 Å². The molecule has 0 unspecified atom stereocenters. The molecule has 2 aliphatic carbocycles. The van der Waals surface area contributed by atoms with E-state index in [1.54, 1.807) is 0 Å². The molecule has 3 aromatic heterocycles. The molecular formula is C35H28F8N8O2. The van der Waals surface area contributed by atoms with Crippen LogP contribution in [-0.2, 0) is 28.5 Å². The lowest BCUT2D eigenvalue weighted by Gasteiger charge is -2.15. The van der Waals surface area contributed by atoms with Crippen molar-refractivity contribution in [3.8, 4) is 11.4 Å². The Kier molecular flexibility index (Phi) is 10.6. The van der Waals surface area contributed by atoms with E-state index in [0.29, 0.717) is 41.2 Å². The molecule has 2 aliphatic rings. The SMILES string of the molecule is Fc1cc(F)cc(C2(Cc3ncc(-c4n[nH]c(C(F)F)n4)cn3)CC2)c1.O=C(CNC(=O)C(F)F)c1cnc(CC2(c3cc(F)cc(F)c3)CC2)nc1. The van der Waals surface area contributed by atoms with Crippen LogP contribution in [0.5, 0.6) is 0 Å². The first-order chi connectivity index (χ1) is 25.2. The Balaban J connectivity index is 0.000000181. The van der Waals surface area contributed by atoms with Crippen LogP contribution in [0.15, 0.2) is 61.2 Å². The Morgan fingerprint density at radius 1 is 0.698 bits per heavy atom. The lowest BCUT2D eigenvalue weighted by Crippen LogP contribution is -2.34. The number of H-pyrrole nitrogens is 1. The predicted octanol–water partition coefficient (Wildman–Crippen LogP) is 6.34. The molecule has 2 saturated carbocycles. The first-order valence-corrected chi connectivity index (χ1v) is 16.1. The second kappa shape index (κ2) is 15.1. The number of alkyl halides is 4. The summed E-state index contributed by atoms with van der Waals surface area (Å²) in [7, 11) is 0. The highest BCUT2D eigenvalue weighted by molar-refractivity contribution is 5.99. The molecule has 5 aromatic rings. The highest BCUT2D eigenvalue weighted by Crippen LogP contribution is 2.51. The number of aromatic amines is 1. The maximum atomic E-state index is 13.5. The molecule has 276 valence electrons. The van der Waals surface area contributed by atoms with Gasteiger partial charge in [-0.1, -0.05) is 0 Å². The largest absolute Gasteiger partial charge is 0.344 e. The van der Waals surface area contributed by atoms with E-state index in [9.17, 15) is 44.7 Å². The third kappa shape index (κ3) is 9.04. The summed E-state index contributed by atoms with van der Waals surface area (Å²) in [5, 5.41) is 7.68. The maximum Gasteiger partial charge on any atom is 0.315 e. The molecule has 0 spiro atoms. The summed E-state index contributed by atoms with van der Waals surface area (Å²) in [6.45, 7) is -0.585. The summed E-state index contributed by atoms with van der Waals surface area (Å²) < 4.78 is 103. The Morgan fingerprint density at radius 2 is 1.15 bits per heavy atom. The molecule has 10 nitrogen and oxygen atoms in total. The van der Waals surface area contributed by atoms with Crippen molar-refractivity contribution < 1.29 is 44.7 Å². The number of benzene rings is 2. The van der Waals surface area contributed by atoms with E-state index in [4.69, 9.17) is 0 Å². The van der Waals surface area contributed by atoms with Crippen LogP contribution >= 0.6 is 0 Å². The van der Waals surface area contributed by atoms with E-state index in [2.05, 4.69) is 35.1 Å². The number of Topliss-reactive ketones (excluding diaryl/α,β-unsaturated/α-hetero) is 1. The van der Waals surface area contributed by atoms with Crippen molar-refractivity contribution in [2.45, 2.75) is 62.2 Å². The molecule has 0 saturated heterocycles. The summed E-state index contributed by atoms with van der Waals surface area (Å²) >= 11 is 0. The van der Waals surface area contributed by atoms with Gasteiger partial charge in [-0.2, -0.15) is 13.9 Å². The van der Waals surface area contributed by atoms with Crippen molar-refractivity contribution in [2.75, 3.05) is 6.54 Å². The van der Waals surface area contributed by atoms with Crippen LogP contribution < -0.4 is 5.32 Å². The number of hydrogen-bond donors (Lipinski definition) is 2. The molecule has 3 heterocycles. The zero-order valence-corrected chi connectivity index (χ0v) is 27.4. The number of hydrogen-bond acceptors (Lipinski definition) is 8. The van der Waals surface area contributed by atoms with Crippen molar-refractivity contribution in [3.63, 3.8) is 0 Å². The zero-order chi connectivity index (χ0) is 37.9. The lowest BCUT2D eigenvalue weighted by atomic mass is 9.92. The summed E-state index contributed by atoms with van der Waals surface area (Å²) in [6.07, 6.45) is 3.28. The van der Waals surface area contributed by atoms with Gasteiger partial charge >= 0.3 is 6.43 Å². The summed E-state index contributed by atoms with van der Waals surface area (Å²) in [5.74, 6) is -4.19. The second-order valence-electron chi connectivity index (χ2n) is 12.8. The van der Waals surface area contributed by atoms with Crippen molar-refractivity contribution in [3.05, 3.63) is 119 Å². The van der Waals surface area contributed by atoms with Crippen LogP contribution in [0.4, 0.5) is 35.1 Å². The molecule has 2 fully saturated rings. The van der Waals surface area contributed by atoms with Gasteiger partial charge in [0.25, 0.3) is 12.3 Å². The number of nitrogens with one attached hydrogen (secondary N) is 2. The van der Waals surface area contributed by atoms with Crippen LogP contribution in [0.25, 0.3) is 11.4 Å². The van der Waals surface area contributed by atoms with Gasteiger partial charge in [-0.05, 0) is 61.1 Å². The smallest absolute Gasteiger partial charge is 0.315 e. The molecule has 18 heteroatoms. The standard InChI is InChI=1S/C18H15F4N3O2.C17H13F4N5/c19-12-3-11(4-13(20)5-12)18(1-2-18)6-15-23-7-10(8-24-15)14(26)9-25-17(27)16(21)22;18-11-3-10(4-12(19)5-11)17(1-2-17)6-13-22-7-9(8-23-13)15-24-16(14(20)21)26-25-15/h3-5,7-8,16H,1-2,6,9H2,(H,25,27);3-5,7-8,14H,1-2,6H2,(H,24,25,26). The average Bonchev–Trinajstić information content (AvgIpc) is 4.03. The second-order valence-corrected chi connectivity index (χ2v) is 12.8. The van der Waals surface area contributed by atoms with Gasteiger partial charge in [0.15, 0.2) is 17.4 Å². The Hall–Kier alpha value is -5.68. The van der Waals surface area contributed by atoms with Gasteiger partial charge in [0, 0.05) is 60.6 Å². The molecule has 0 aliphatic heterocycles. The van der Waals surface area contributed by atoms with E-state index in [1.165, 1.54) is 49.1 Å². The lowest BCUT2D eigenvalue weighted by molar-refractivity contribution is -0.131. The van der Waals surface area contributed by atoms with E-state index in [-0.39, 0.29) is 16.8 Å². The number of aromatic nitrogens is 7. The number of amides is 1. The summed E-state index contributed by atoms with van der Waals surface area (Å²) in [5.41, 5.74) is 0.808. The van der Waals surface area contributed by atoms with Gasteiger partial charge in [-0.15, -0.1) is 0 Å². The van der Waals surface area contributed by atoms with E-state index < -0.39 is 65.6 Å². The number of carbonyl (C=O) groups is 2. The first kappa shape index (κ1) is 37.1. The van der Waals surface area contributed by atoms with Crippen LogP contribution in [0.1, 0.15) is 71.1 Å². The Bertz CT molecular complexity index is 2060. The number of carbonyl (C=O) groups excluding carboxylic acids is 2. The van der Waals surface area contributed by atoms with Gasteiger partial charge in [0.2, 0.25) is 0 Å². The summed E-state index contributed by atoms with van der Waals surface area (Å²) in [6, 6.07) is 6.91. The quantitative estimate of drug-likeness (QED) is 0.111. The van der Waals surface area contributed by atoms with Crippen LogP contribution in [-0.4, -0.2) is 59.8 Å². The van der Waals surface area contributed by atoms with Gasteiger partial charge in [-0.25, -0.2) is 51.3 Å². The predicted molar refractivity (Wildman–Crippen MR) is 170 cm³/mol. The minimum absolute atomic E-state index is 0.0648. The monoisotopic (exact) mass is 744 g/mol.